The van der Waals surface area contributed by atoms with Gasteiger partial charge in [0.05, 0.1) is 0 Å². The molecule has 0 spiro atoms. The van der Waals surface area contributed by atoms with E-state index >= 15 is 0 Å². The van der Waals surface area contributed by atoms with Crippen molar-refractivity contribution >= 4 is 21.8 Å². The highest BCUT2D eigenvalue weighted by Gasteiger charge is 2.65. The smallest absolute Gasteiger partial charge is 0.310 e. The molecular formula is C12H8F6N2OS. The molecule has 120 valence electrons. The topological polar surface area (TPSA) is 42.0 Å². The number of aromatic nitrogens is 1. The maximum absolute atomic E-state index is 12.8. The Labute approximate surface area is 120 Å². The van der Waals surface area contributed by atoms with Crippen LogP contribution in [0.2, 0.25) is 0 Å². The van der Waals surface area contributed by atoms with Gasteiger partial charge in [0.1, 0.15) is 4.90 Å². The van der Waals surface area contributed by atoms with Gasteiger partial charge < -0.3 is 5.32 Å². The Bertz CT molecular complexity index is 730. The maximum atomic E-state index is 12.8. The monoisotopic (exact) mass is 342 g/mol. The van der Waals surface area contributed by atoms with Crippen LogP contribution in [0.4, 0.5) is 29.5 Å². The van der Waals surface area contributed by atoms with E-state index in [2.05, 4.69) is 10.3 Å². The Morgan fingerprint density at radius 3 is 2.09 bits per heavy atom. The lowest BCUT2D eigenvalue weighted by atomic mass is 10.2. The Morgan fingerprint density at radius 2 is 1.59 bits per heavy atom. The van der Waals surface area contributed by atoms with Crippen LogP contribution in [-0.2, 0) is 0 Å². The lowest BCUT2D eigenvalue weighted by Crippen LogP contribution is -2.12. The summed E-state index contributed by atoms with van der Waals surface area (Å²) in [4.78, 5) is 12.9. The molecule has 2 rings (SSSR count). The average molecular weight is 342 g/mol. The molecule has 0 unspecified atom stereocenters. The van der Waals surface area contributed by atoms with Crippen LogP contribution in [0.5, 0.6) is 0 Å². The number of nitrogens with one attached hydrogen (secondary N) is 1. The van der Waals surface area contributed by atoms with Crippen molar-refractivity contribution in [3.63, 3.8) is 0 Å². The summed E-state index contributed by atoms with van der Waals surface area (Å²) in [6, 6.07) is 3.71. The normalized spacial score (nSPS) is 14.8. The molecule has 2 aromatic rings. The number of nitrogens with zero attached hydrogens (tertiary/aromatic N) is 1. The molecule has 0 bridgehead atoms. The molecule has 0 aliphatic rings. The lowest BCUT2D eigenvalue weighted by molar-refractivity contribution is 0.102. The third kappa shape index (κ3) is 3.91. The zero-order chi connectivity index (χ0) is 16.7. The second-order valence-corrected chi connectivity index (χ2v) is 6.72. The van der Waals surface area contributed by atoms with Crippen molar-refractivity contribution in [2.45, 2.75) is 4.90 Å². The summed E-state index contributed by atoms with van der Waals surface area (Å²) in [5.41, 5.74) is -0.267. The van der Waals surface area contributed by atoms with Gasteiger partial charge in [0, 0.05) is 23.5 Å². The largest absolute Gasteiger partial charge is 0.322 e. The number of amides is 1. The zero-order valence-corrected chi connectivity index (χ0v) is 11.4. The van der Waals surface area contributed by atoms with Crippen molar-refractivity contribution in [2.24, 2.45) is 0 Å². The molecule has 1 N–H and O–H groups in total. The standard InChI is InChI=1S/C12H8F6N2OS/c13-11-7-8(5-6-19-11)12(21)20-9-1-3-10(4-2-9)22(14,15,16,17)18/h1-7H,(H,20,21). The van der Waals surface area contributed by atoms with Gasteiger partial charge in [-0.25, -0.2) is 4.98 Å². The van der Waals surface area contributed by atoms with Gasteiger partial charge in [-0.15, -0.1) is 0 Å². The fraction of sp³-hybridized carbons (Fsp3) is 0. The maximum Gasteiger partial charge on any atom is 0.310 e. The quantitative estimate of drug-likeness (QED) is 0.621. The highest BCUT2D eigenvalue weighted by Crippen LogP contribution is 3.02. The Balaban J connectivity index is 2.21. The third-order valence-corrected chi connectivity index (χ3v) is 3.71. The van der Waals surface area contributed by atoms with E-state index < -0.39 is 27.0 Å². The summed E-state index contributed by atoms with van der Waals surface area (Å²) in [7, 11) is -9.74. The minimum atomic E-state index is -9.74. The zero-order valence-electron chi connectivity index (χ0n) is 10.6. The van der Waals surface area contributed by atoms with E-state index in [4.69, 9.17) is 0 Å². The molecule has 0 fully saturated rings. The van der Waals surface area contributed by atoms with Gasteiger partial charge in [-0.3, -0.25) is 4.79 Å². The minimum Gasteiger partial charge on any atom is -0.322 e. The summed E-state index contributed by atoms with van der Waals surface area (Å²) in [5.74, 6) is -1.73. The first-order valence-electron chi connectivity index (χ1n) is 5.62. The number of rotatable bonds is 3. The van der Waals surface area contributed by atoms with E-state index in [1.165, 1.54) is 6.07 Å². The van der Waals surface area contributed by atoms with Crippen LogP contribution in [0.25, 0.3) is 0 Å². The summed E-state index contributed by atoms with van der Waals surface area (Å²) in [5, 5.41) is 2.16. The molecule has 0 radical (unpaired) electrons. The molecule has 1 aromatic heterocycles. The number of carbonyl (C=O) groups excluding carboxylic acids is 1. The number of carbonyl (C=O) groups is 1. The van der Waals surface area contributed by atoms with Gasteiger partial charge in [0.25, 0.3) is 5.91 Å². The van der Waals surface area contributed by atoms with Crippen LogP contribution in [0.3, 0.4) is 0 Å². The van der Waals surface area contributed by atoms with Crippen molar-refractivity contribution in [3.8, 4) is 0 Å². The van der Waals surface area contributed by atoms with Crippen LogP contribution < -0.4 is 5.32 Å². The summed E-state index contributed by atoms with van der Waals surface area (Å²) in [6.45, 7) is 0. The van der Waals surface area contributed by atoms with Crippen LogP contribution in [0.1, 0.15) is 10.4 Å². The summed E-state index contributed by atoms with van der Waals surface area (Å²) >= 11 is 0. The van der Waals surface area contributed by atoms with Crippen LogP contribution >= 0.6 is 10.2 Å². The average Bonchev–Trinajstić information content (AvgIpc) is 2.36. The molecule has 10 heteroatoms. The van der Waals surface area contributed by atoms with Gasteiger partial charge in [-0.2, -0.15) is 4.39 Å². The molecule has 1 aromatic carbocycles. The molecule has 0 atom stereocenters. The van der Waals surface area contributed by atoms with Crippen LogP contribution in [0.15, 0.2) is 47.5 Å². The summed E-state index contributed by atoms with van der Waals surface area (Å²) in [6.07, 6.45) is 1.03. The second-order valence-electron chi connectivity index (χ2n) is 4.31. The minimum absolute atomic E-state index is 0.121. The Hall–Kier alpha value is -2.23. The third-order valence-electron chi connectivity index (χ3n) is 2.55. The Morgan fingerprint density at radius 1 is 1.00 bits per heavy atom. The predicted octanol–water partition coefficient (Wildman–Crippen LogP) is 5.13. The first-order valence-corrected chi connectivity index (χ1v) is 7.57. The SMILES string of the molecule is O=C(Nc1ccc(S(F)(F)(F)(F)F)cc1)c1ccnc(F)c1. The lowest BCUT2D eigenvalue weighted by Gasteiger charge is -2.40. The van der Waals surface area contributed by atoms with Gasteiger partial charge >= 0.3 is 10.2 Å². The second kappa shape index (κ2) is 4.38. The molecular weight excluding hydrogens is 334 g/mol. The van der Waals surface area contributed by atoms with Gasteiger partial charge in [0.2, 0.25) is 5.95 Å². The molecule has 0 saturated carbocycles. The molecule has 0 aliphatic carbocycles. The highest BCUT2D eigenvalue weighted by atomic mass is 32.5. The van der Waals surface area contributed by atoms with E-state index in [1.54, 1.807) is 0 Å². The first kappa shape index (κ1) is 16.1. The summed E-state index contributed by atoms with van der Waals surface area (Å²) < 4.78 is 75.4. The molecule has 1 heterocycles. The highest BCUT2D eigenvalue weighted by molar-refractivity contribution is 8.45. The van der Waals surface area contributed by atoms with E-state index in [0.717, 1.165) is 12.3 Å². The predicted molar refractivity (Wildman–Crippen MR) is 70.0 cm³/mol. The fourth-order valence-electron chi connectivity index (χ4n) is 1.54. The van der Waals surface area contributed by atoms with Gasteiger partial charge in [-0.1, -0.05) is 19.4 Å². The number of benzene rings is 1. The van der Waals surface area contributed by atoms with E-state index in [-0.39, 0.29) is 23.4 Å². The van der Waals surface area contributed by atoms with Gasteiger partial charge in [-0.05, 0) is 30.3 Å². The number of hydrogen-bond donors (Lipinski definition) is 1. The number of pyridine rings is 1. The van der Waals surface area contributed by atoms with E-state index in [9.17, 15) is 28.6 Å². The van der Waals surface area contributed by atoms with Crippen molar-refractivity contribution in [2.75, 3.05) is 5.32 Å². The number of hydrogen-bond acceptors (Lipinski definition) is 2. The number of halogens is 6. The van der Waals surface area contributed by atoms with E-state index in [0.29, 0.717) is 12.1 Å². The van der Waals surface area contributed by atoms with Crippen LogP contribution in [-0.4, -0.2) is 10.9 Å². The van der Waals surface area contributed by atoms with Crippen molar-refractivity contribution in [3.05, 3.63) is 54.1 Å². The molecule has 0 aliphatic heterocycles. The van der Waals surface area contributed by atoms with Crippen molar-refractivity contribution in [1.82, 2.24) is 4.98 Å². The first-order chi connectivity index (χ1) is 9.85. The van der Waals surface area contributed by atoms with E-state index in [1.807, 2.05) is 0 Å². The Kier molecular flexibility index (Phi) is 3.22. The fourth-order valence-corrected chi connectivity index (χ4v) is 2.19. The molecule has 3 nitrogen and oxygen atoms in total. The number of anilines is 1. The molecule has 0 saturated heterocycles. The molecule has 1 amide bonds. The van der Waals surface area contributed by atoms with Crippen molar-refractivity contribution < 1.29 is 28.6 Å². The molecule has 22 heavy (non-hydrogen) atoms. The van der Waals surface area contributed by atoms with Crippen molar-refractivity contribution in [1.29, 1.82) is 0 Å². The van der Waals surface area contributed by atoms with Crippen LogP contribution in [0, 0.1) is 5.95 Å². The van der Waals surface area contributed by atoms with Gasteiger partial charge in [0.15, 0.2) is 0 Å².